The van der Waals surface area contributed by atoms with Crippen molar-refractivity contribution in [2.75, 3.05) is 42.1 Å². The molecule has 9 N–H and O–H groups in total. The quantitative estimate of drug-likeness (QED) is 0.0141. The smallest absolute Gasteiger partial charge is 0.321 e. The lowest BCUT2D eigenvalue weighted by molar-refractivity contribution is -0.385. The molecule has 10 aliphatic rings. The molecule has 0 radical (unpaired) electrons. The molecule has 17 rings (SSSR count). The van der Waals surface area contributed by atoms with Gasteiger partial charge in [-0.05, 0) is 158 Å². The zero-order valence-corrected chi connectivity index (χ0v) is 67.1. The highest BCUT2D eigenvalue weighted by molar-refractivity contribution is 6.36. The number of cyclic esters (lactones) is 4. The molecule has 4 aliphatic carbocycles. The summed E-state index contributed by atoms with van der Waals surface area (Å²) in [5.41, 5.74) is 6.66. The normalized spacial score (nSPS) is 29.8. The number of anilines is 8. The predicted octanol–water partition coefficient (Wildman–Crippen LogP) is 7.03. The maximum Gasteiger partial charge on any atom is 0.321 e. The van der Waals surface area contributed by atoms with Gasteiger partial charge < -0.3 is 42.2 Å². The van der Waals surface area contributed by atoms with Gasteiger partial charge in [-0.2, -0.15) is 0 Å². The Morgan fingerprint density at radius 1 is 0.349 bits per heavy atom. The van der Waals surface area contributed by atoms with Gasteiger partial charge in [0.15, 0.2) is 0 Å². The third kappa shape index (κ3) is 12.5. The molecule has 43 nitrogen and oxygen atoms in total. The number of benzene rings is 7. The molecule has 2 atom stereocenters. The minimum Gasteiger partial charge on any atom is -0.481 e. The van der Waals surface area contributed by atoms with E-state index in [4.69, 9.17) is 17.2 Å². The third-order valence-corrected chi connectivity index (χ3v) is 26.3. The minimum atomic E-state index is -2.09. The second-order valence-electron chi connectivity index (χ2n) is 33.1. The lowest BCUT2D eigenvalue weighted by atomic mass is 9.38. The van der Waals surface area contributed by atoms with Crippen LogP contribution in [-0.4, -0.2) is 130 Å². The van der Waals surface area contributed by atoms with E-state index in [1.54, 1.807) is 62.4 Å². The predicted molar refractivity (Wildman–Crippen MR) is 429 cm³/mol. The number of ketones is 1. The number of nitrogens with zero attached hydrogens (tertiary/aromatic N) is 9. The summed E-state index contributed by atoms with van der Waals surface area (Å²) in [7, 11) is 0. The Hall–Kier alpha value is -16.1. The Balaban J connectivity index is 0.000000142. The largest absolute Gasteiger partial charge is 0.481 e. The first kappa shape index (κ1) is 87.7. The minimum absolute atomic E-state index is 0.0641. The van der Waals surface area contributed by atoms with E-state index >= 15 is 0 Å². The number of carbonyl (C=O) groups is 16. The van der Waals surface area contributed by atoms with Crippen LogP contribution in [0.2, 0.25) is 0 Å². The van der Waals surface area contributed by atoms with Crippen LogP contribution in [0.4, 0.5) is 73.9 Å². The first-order valence-corrected chi connectivity index (χ1v) is 37.9. The first-order valence-electron chi connectivity index (χ1n) is 37.9. The van der Waals surface area contributed by atoms with Gasteiger partial charge in [0.25, 0.3) is 28.4 Å². The standard InChI is InChI=1S/C23H21N3O10.C22H16N4O8.C22H20N4O4.C10H8O6.C6H6N2O2/c1-22(20(29)30)17(16(27)11-12-3-7-14(8-4-12)25(33)34)23(2,21(31)32)18(22)19(28)24-13-5-9-15(10-6-13)26(35)36;1-21-15(17(27)23(19(21)29)11-3-7-13(8-4-11)25(31)32)22(2)16(21)18(28)24(20(22)30)12-5-9-14(10-6-12)26(33)34;1-21-15(17(27)25(19(21)29)13-7-3-11(23)4-8-13)22(2)16(21)18(28)26(20(22)30)14-9-5-12(24)6-10-14;1-9-3(5(11)15-7(9)13)10(2)4(9)6(12)16-8(10)14;7-5-1-3-6(4-2-5)8(9)10/h3-10,17-18H,11H2,1-2H3,(H,24,28)(H,29,30)(H,31,32);3-10,15-16H,1-2H3;3-10,15-16H,23-24H2,1-2H3;3-4H,1-2H3;1-4H,7H2. The van der Waals surface area contributed by atoms with Gasteiger partial charge in [-0.15, -0.1) is 0 Å². The first-order chi connectivity index (χ1) is 58.9. The summed E-state index contributed by atoms with van der Waals surface area (Å²) in [6, 6.07) is 37.8. The Kier molecular flexibility index (Phi) is 21.0. The van der Waals surface area contributed by atoms with Crippen molar-refractivity contribution in [2.45, 2.75) is 61.8 Å². The second-order valence-corrected chi connectivity index (χ2v) is 33.1. The van der Waals surface area contributed by atoms with Crippen molar-refractivity contribution in [1.29, 1.82) is 0 Å². The number of hydrogen-bond acceptors (Lipinski definition) is 31. The van der Waals surface area contributed by atoms with Gasteiger partial charge in [0.1, 0.15) is 5.78 Å². The van der Waals surface area contributed by atoms with E-state index in [-0.39, 0.29) is 45.5 Å². The number of amides is 9. The molecule has 7 aromatic rings. The number of nitrogens with two attached hydrogens (primary N) is 3. The summed E-state index contributed by atoms with van der Waals surface area (Å²) >= 11 is 0. The van der Waals surface area contributed by atoms with Gasteiger partial charge in [-0.1, -0.05) is 12.1 Å². The van der Waals surface area contributed by atoms with Crippen molar-refractivity contribution in [3.05, 3.63) is 226 Å². The van der Waals surface area contributed by atoms with Crippen LogP contribution in [0, 0.1) is 141 Å². The molecule has 6 saturated heterocycles. The van der Waals surface area contributed by atoms with Gasteiger partial charge in [0.05, 0.1) is 138 Å². The molecular weight excluding hydrogens is 1660 g/mol. The lowest BCUT2D eigenvalue weighted by Gasteiger charge is -2.60. The van der Waals surface area contributed by atoms with Crippen LogP contribution in [0.25, 0.3) is 0 Å². The van der Waals surface area contributed by atoms with E-state index in [1.165, 1.54) is 100 Å². The molecule has 7 aromatic carbocycles. The molecule has 6 heterocycles. The number of nitrogen functional groups attached to an aromatic ring is 3. The molecule has 6 aliphatic heterocycles. The monoisotopic (exact) mass is 1730 g/mol. The van der Waals surface area contributed by atoms with E-state index in [1.807, 2.05) is 0 Å². The number of aliphatic carboxylic acids is 2. The second kappa shape index (κ2) is 30.2. The Labute approximate surface area is 707 Å². The van der Waals surface area contributed by atoms with Gasteiger partial charge in [-0.3, -0.25) is 127 Å². The maximum absolute atomic E-state index is 13.4. The number of hydrogen-bond donors (Lipinski definition) is 6. The van der Waals surface area contributed by atoms with E-state index < -0.39 is 216 Å². The molecule has 0 aromatic heterocycles. The fraction of sp³-hybridized carbons (Fsp3) is 0.301. The molecule has 10 fully saturated rings. The molecule has 0 spiro atoms. The number of ether oxygens (including phenoxy) is 2. The van der Waals surface area contributed by atoms with Crippen LogP contribution in [0.3, 0.4) is 0 Å². The molecule has 2 unspecified atom stereocenters. The third-order valence-electron chi connectivity index (χ3n) is 26.3. The van der Waals surface area contributed by atoms with Crippen LogP contribution in [0.15, 0.2) is 170 Å². The topological polar surface area (TPSA) is 651 Å². The summed E-state index contributed by atoms with van der Waals surface area (Å²) in [6.45, 7) is 11.4. The van der Waals surface area contributed by atoms with Crippen molar-refractivity contribution >= 4 is 169 Å². The average molecular weight is 1730 g/mol. The average Bonchev–Trinajstić information content (AvgIpc) is 1.47. The molecule has 648 valence electrons. The number of nitro groups is 5. The number of Topliss-reactive ketones (excluding diaryl/α,β-unsaturated/α-hetero) is 1. The fourth-order valence-electron chi connectivity index (χ4n) is 20.7. The summed E-state index contributed by atoms with van der Waals surface area (Å²) in [6.07, 6.45) is -0.398. The molecule has 4 saturated carbocycles. The number of rotatable bonds is 16. The zero-order valence-electron chi connectivity index (χ0n) is 67.1. The number of carboxylic acid groups (broad SMARTS) is 2. The van der Waals surface area contributed by atoms with Crippen LogP contribution >= 0.6 is 0 Å². The number of nitrogens with one attached hydrogen (secondary N) is 1. The van der Waals surface area contributed by atoms with E-state index in [9.17, 15) is 137 Å². The van der Waals surface area contributed by atoms with E-state index in [0.29, 0.717) is 34.0 Å². The number of nitro benzene ring substituents is 5. The summed E-state index contributed by atoms with van der Waals surface area (Å²) in [4.78, 5) is 259. The van der Waals surface area contributed by atoms with Crippen LogP contribution < -0.4 is 42.1 Å². The number of carboxylic acids is 2. The molecular formula is C83H71N13O30. The van der Waals surface area contributed by atoms with E-state index in [0.717, 1.165) is 82.0 Å². The van der Waals surface area contributed by atoms with Crippen molar-refractivity contribution in [2.24, 2.45) is 90.7 Å². The van der Waals surface area contributed by atoms with Gasteiger partial charge >= 0.3 is 35.8 Å². The summed E-state index contributed by atoms with van der Waals surface area (Å²) in [5.74, 6) is -21.4. The van der Waals surface area contributed by atoms with Gasteiger partial charge in [-0.25, -0.2) is 19.6 Å². The number of carbonyl (C=O) groups excluding carboxylic acids is 14. The molecule has 0 bridgehead atoms. The van der Waals surface area contributed by atoms with Gasteiger partial charge in [0.2, 0.25) is 53.2 Å². The number of imide groups is 4. The molecule has 9 amide bonds. The number of non-ortho nitro benzene ring substituents is 5. The SMILES string of the molecule is CC1(C(=O)O)C(C(=O)Cc2ccc([N+](=O)[O-])cc2)C(C)(C(=O)O)C1C(=O)Nc1ccc([N+](=O)[O-])cc1.CC12C(=O)N(c3ccc(N)cc3)C(=O)C1C1(C)C(=O)N(c3ccc(N)cc3)C(=O)C21.CC12C(=O)N(c3ccc([N+](=O)[O-])cc3)C(=O)C1C1(C)C(=O)N(c3ccc([N+](=O)[O-])cc3)C(=O)C21.CC12C(=O)OC(=O)C1C1(C)C(=O)OC(=O)C21.Nc1ccc([N+](=O)[O-])cc1. The Bertz CT molecular complexity index is 5690. The highest BCUT2D eigenvalue weighted by Gasteiger charge is 2.89. The number of esters is 4. The van der Waals surface area contributed by atoms with Gasteiger partial charge in [0, 0.05) is 89.8 Å². The van der Waals surface area contributed by atoms with Crippen molar-refractivity contribution < 1.29 is 121 Å². The molecule has 126 heavy (non-hydrogen) atoms. The summed E-state index contributed by atoms with van der Waals surface area (Å²) in [5, 5.41) is 76.0. The highest BCUT2D eigenvalue weighted by atomic mass is 16.6. The lowest BCUT2D eigenvalue weighted by Crippen LogP contribution is -2.73. The Morgan fingerprint density at radius 3 is 0.833 bits per heavy atom. The van der Waals surface area contributed by atoms with Crippen molar-refractivity contribution in [3.8, 4) is 0 Å². The number of fused-ring (bicyclic) bond motifs is 12. The fourth-order valence-corrected chi connectivity index (χ4v) is 20.7. The maximum atomic E-state index is 13.4. The van der Waals surface area contributed by atoms with E-state index in [2.05, 4.69) is 14.8 Å². The van der Waals surface area contributed by atoms with Crippen LogP contribution in [0.1, 0.15) is 61.0 Å². The Morgan fingerprint density at radius 2 is 0.579 bits per heavy atom. The summed E-state index contributed by atoms with van der Waals surface area (Å²) < 4.78 is 9.02. The molecule has 43 heteroatoms. The zero-order chi connectivity index (χ0) is 92.8. The van der Waals surface area contributed by atoms with Crippen LogP contribution in [-0.2, 0) is 92.6 Å². The van der Waals surface area contributed by atoms with Crippen molar-refractivity contribution in [1.82, 2.24) is 0 Å². The van der Waals surface area contributed by atoms with Crippen molar-refractivity contribution in [3.63, 3.8) is 0 Å². The van der Waals surface area contributed by atoms with Crippen LogP contribution in [0.5, 0.6) is 0 Å². The highest BCUT2D eigenvalue weighted by Crippen LogP contribution is 2.74.